The quantitative estimate of drug-likeness (QED) is 0.163. The number of unbranched alkanes of at least 4 members (excludes halogenated alkanes) is 9. The molecule has 33 heavy (non-hydrogen) atoms. The van der Waals surface area contributed by atoms with Gasteiger partial charge in [-0.05, 0) is 46.5 Å². The second kappa shape index (κ2) is 15.5. The third-order valence-electron chi connectivity index (χ3n) is 6.22. The molecule has 1 saturated heterocycles. The lowest BCUT2D eigenvalue weighted by Crippen LogP contribution is -2.40. The lowest BCUT2D eigenvalue weighted by Gasteiger charge is -2.26. The Bertz CT molecular complexity index is 606. The van der Waals surface area contributed by atoms with Crippen LogP contribution in [0, 0.1) is 5.41 Å². The van der Waals surface area contributed by atoms with Crippen molar-refractivity contribution < 1.29 is 29.3 Å². The second-order valence-corrected chi connectivity index (χ2v) is 10.7. The maximum Gasteiger partial charge on any atom is 0.334 e. The molecule has 1 aliphatic rings. The lowest BCUT2D eigenvalue weighted by atomic mass is 9.96. The Hall–Kier alpha value is -1.40. The van der Waals surface area contributed by atoms with E-state index in [4.69, 9.17) is 9.47 Å². The summed E-state index contributed by atoms with van der Waals surface area (Å²) in [6.45, 7) is 6.97. The molecule has 0 aromatic rings. The van der Waals surface area contributed by atoms with Gasteiger partial charge in [0.25, 0.3) is 0 Å². The van der Waals surface area contributed by atoms with Crippen molar-refractivity contribution in [2.75, 3.05) is 13.2 Å². The van der Waals surface area contributed by atoms with E-state index >= 15 is 0 Å². The highest BCUT2D eigenvalue weighted by Gasteiger charge is 2.45. The van der Waals surface area contributed by atoms with E-state index in [1.165, 1.54) is 32.1 Å². The standard InChI is InChI=1S/C27H48O6/c1-5-6-7-8-11-14-17-23(29)18-15-12-9-10-13-16-22-19-27(20-28,33-24(22)30)21-32-25(31)26(2,3)4/h16,23,28-29H,5-15,17-21H2,1-4H3/b22-16+. The normalized spacial score (nSPS) is 20.8. The first-order chi connectivity index (χ1) is 15.6. The van der Waals surface area contributed by atoms with Crippen molar-refractivity contribution in [2.45, 2.75) is 129 Å². The summed E-state index contributed by atoms with van der Waals surface area (Å²) in [5, 5.41) is 19.9. The molecule has 6 nitrogen and oxygen atoms in total. The van der Waals surface area contributed by atoms with Crippen molar-refractivity contribution >= 4 is 11.9 Å². The van der Waals surface area contributed by atoms with Crippen molar-refractivity contribution in [2.24, 2.45) is 5.41 Å². The molecule has 0 spiro atoms. The summed E-state index contributed by atoms with van der Waals surface area (Å²) >= 11 is 0. The summed E-state index contributed by atoms with van der Waals surface area (Å²) in [5.74, 6) is -0.824. The number of aliphatic hydroxyl groups is 2. The molecule has 1 fully saturated rings. The number of carbonyl (C=O) groups excluding carboxylic acids is 2. The number of carbonyl (C=O) groups is 2. The Balaban J connectivity index is 2.21. The van der Waals surface area contributed by atoms with Gasteiger partial charge in [0.05, 0.1) is 18.1 Å². The van der Waals surface area contributed by atoms with Gasteiger partial charge >= 0.3 is 11.9 Å². The van der Waals surface area contributed by atoms with Crippen molar-refractivity contribution in [3.05, 3.63) is 11.6 Å². The van der Waals surface area contributed by atoms with Crippen molar-refractivity contribution in [3.63, 3.8) is 0 Å². The highest BCUT2D eigenvalue weighted by molar-refractivity contribution is 5.91. The predicted octanol–water partition coefficient (Wildman–Crippen LogP) is 5.63. The molecule has 2 unspecified atom stereocenters. The van der Waals surface area contributed by atoms with E-state index in [-0.39, 0.29) is 31.7 Å². The molecular weight excluding hydrogens is 420 g/mol. The molecule has 192 valence electrons. The van der Waals surface area contributed by atoms with Crippen molar-refractivity contribution in [1.82, 2.24) is 0 Å². The molecule has 0 radical (unpaired) electrons. The SMILES string of the molecule is CCCCCCCCC(O)CCCCCC/C=C1\CC(CO)(COC(=O)C(C)(C)C)OC1=O. The smallest absolute Gasteiger partial charge is 0.334 e. The molecule has 6 heteroatoms. The number of allylic oxidation sites excluding steroid dienone is 1. The maximum atomic E-state index is 12.2. The molecule has 0 aromatic heterocycles. The number of esters is 2. The second-order valence-electron chi connectivity index (χ2n) is 10.7. The van der Waals surface area contributed by atoms with Gasteiger partial charge in [-0.3, -0.25) is 4.79 Å². The molecule has 0 aromatic carbocycles. The van der Waals surface area contributed by atoms with Gasteiger partial charge in [-0.1, -0.05) is 70.8 Å². The van der Waals surface area contributed by atoms with Gasteiger partial charge < -0.3 is 19.7 Å². The Labute approximate surface area is 201 Å². The summed E-state index contributed by atoms with van der Waals surface area (Å²) in [7, 11) is 0. The molecule has 0 amide bonds. The van der Waals surface area contributed by atoms with Crippen LogP contribution in [-0.2, 0) is 19.1 Å². The summed E-state index contributed by atoms with van der Waals surface area (Å²) < 4.78 is 10.7. The average Bonchev–Trinajstić information content (AvgIpc) is 3.09. The first-order valence-electron chi connectivity index (χ1n) is 13.0. The van der Waals surface area contributed by atoms with Gasteiger partial charge in [0.2, 0.25) is 0 Å². The van der Waals surface area contributed by atoms with Crippen LogP contribution >= 0.6 is 0 Å². The number of cyclic esters (lactones) is 1. The summed E-state index contributed by atoms with van der Waals surface area (Å²) in [6, 6.07) is 0. The predicted molar refractivity (Wildman–Crippen MR) is 131 cm³/mol. The molecule has 0 bridgehead atoms. The third kappa shape index (κ3) is 12.0. The number of rotatable bonds is 17. The largest absolute Gasteiger partial charge is 0.461 e. The summed E-state index contributed by atoms with van der Waals surface area (Å²) in [4.78, 5) is 24.2. The molecule has 2 atom stereocenters. The summed E-state index contributed by atoms with van der Waals surface area (Å²) in [5.41, 5.74) is -1.27. The van der Waals surface area contributed by atoms with Crippen molar-refractivity contribution in [3.8, 4) is 0 Å². The fourth-order valence-corrected chi connectivity index (χ4v) is 3.96. The molecule has 0 aliphatic carbocycles. The minimum absolute atomic E-state index is 0.135. The topological polar surface area (TPSA) is 93.1 Å². The zero-order valence-electron chi connectivity index (χ0n) is 21.5. The van der Waals surface area contributed by atoms with Crippen molar-refractivity contribution in [1.29, 1.82) is 0 Å². The van der Waals surface area contributed by atoms with Crippen LogP contribution < -0.4 is 0 Å². The highest BCUT2D eigenvalue weighted by Crippen LogP contribution is 2.32. The number of aliphatic hydroxyl groups excluding tert-OH is 2. The third-order valence-corrected chi connectivity index (χ3v) is 6.22. The summed E-state index contributed by atoms with van der Waals surface area (Å²) in [6.07, 6.45) is 16.2. The first-order valence-corrected chi connectivity index (χ1v) is 13.0. The van der Waals surface area contributed by atoms with Crippen LogP contribution in [0.2, 0.25) is 0 Å². The number of hydrogen-bond acceptors (Lipinski definition) is 6. The minimum atomic E-state index is -1.17. The zero-order chi connectivity index (χ0) is 24.7. The van der Waals surface area contributed by atoms with E-state index in [9.17, 15) is 19.8 Å². The Morgan fingerprint density at radius 3 is 2.21 bits per heavy atom. The lowest BCUT2D eigenvalue weighted by molar-refractivity contribution is -0.171. The van der Waals surface area contributed by atoms with E-state index < -0.39 is 17.0 Å². The molecule has 0 saturated carbocycles. The Morgan fingerprint density at radius 1 is 1.06 bits per heavy atom. The maximum absolute atomic E-state index is 12.2. The van der Waals surface area contributed by atoms with E-state index in [1.54, 1.807) is 20.8 Å². The fraction of sp³-hybridized carbons (Fsp3) is 0.852. The molecule has 1 heterocycles. The minimum Gasteiger partial charge on any atom is -0.461 e. The molecule has 1 rings (SSSR count). The van der Waals surface area contributed by atoms with Crippen LogP contribution in [0.1, 0.15) is 118 Å². The number of ether oxygens (including phenoxy) is 2. The van der Waals surface area contributed by atoms with E-state index in [1.807, 2.05) is 6.08 Å². The monoisotopic (exact) mass is 468 g/mol. The van der Waals surface area contributed by atoms with Crippen LogP contribution in [0.25, 0.3) is 0 Å². The van der Waals surface area contributed by atoms with Gasteiger partial charge in [0.1, 0.15) is 6.61 Å². The van der Waals surface area contributed by atoms with Crippen LogP contribution in [0.15, 0.2) is 11.6 Å². The van der Waals surface area contributed by atoms with Crippen LogP contribution in [0.4, 0.5) is 0 Å². The average molecular weight is 469 g/mol. The van der Waals surface area contributed by atoms with Crippen LogP contribution in [-0.4, -0.2) is 47.1 Å². The van der Waals surface area contributed by atoms with E-state index in [0.29, 0.717) is 5.57 Å². The first kappa shape index (κ1) is 29.6. The fourth-order valence-electron chi connectivity index (χ4n) is 3.96. The van der Waals surface area contributed by atoms with Gasteiger partial charge in [-0.25, -0.2) is 4.79 Å². The van der Waals surface area contributed by atoms with E-state index in [0.717, 1.165) is 51.4 Å². The molecule has 1 aliphatic heterocycles. The molecular formula is C27H48O6. The van der Waals surface area contributed by atoms with Crippen LogP contribution in [0.5, 0.6) is 0 Å². The highest BCUT2D eigenvalue weighted by atomic mass is 16.6. The number of hydrogen-bond donors (Lipinski definition) is 2. The zero-order valence-corrected chi connectivity index (χ0v) is 21.5. The van der Waals surface area contributed by atoms with Gasteiger partial charge in [0, 0.05) is 12.0 Å². The van der Waals surface area contributed by atoms with Gasteiger partial charge in [0.15, 0.2) is 5.60 Å². The Kier molecular flexibility index (Phi) is 13.9. The molecule has 2 N–H and O–H groups in total. The van der Waals surface area contributed by atoms with Gasteiger partial charge in [-0.2, -0.15) is 0 Å². The van der Waals surface area contributed by atoms with E-state index in [2.05, 4.69) is 6.92 Å². The Morgan fingerprint density at radius 2 is 1.64 bits per heavy atom. The van der Waals surface area contributed by atoms with Gasteiger partial charge in [-0.15, -0.1) is 0 Å². The van der Waals surface area contributed by atoms with Crippen LogP contribution in [0.3, 0.4) is 0 Å².